The van der Waals surface area contributed by atoms with E-state index >= 15 is 0 Å². The van der Waals surface area contributed by atoms with Crippen LogP contribution < -0.4 is 16.0 Å². The number of nitrogens with zero attached hydrogens (tertiary/aromatic N) is 1. The monoisotopic (exact) mass is 444 g/mol. The lowest BCUT2D eigenvalue weighted by Crippen LogP contribution is -2.38. The van der Waals surface area contributed by atoms with E-state index in [9.17, 15) is 18.8 Å². The van der Waals surface area contributed by atoms with Crippen molar-refractivity contribution in [3.8, 4) is 0 Å². The van der Waals surface area contributed by atoms with Crippen LogP contribution in [0.5, 0.6) is 0 Å². The van der Waals surface area contributed by atoms with Gasteiger partial charge < -0.3 is 20.3 Å². The van der Waals surface area contributed by atoms with Crippen molar-refractivity contribution < 1.29 is 23.5 Å². The van der Waals surface area contributed by atoms with E-state index in [2.05, 4.69) is 16.0 Å². The normalized spacial score (nSPS) is 10.8. The van der Waals surface area contributed by atoms with Gasteiger partial charge in [-0.1, -0.05) is 30.3 Å². The Kier molecular flexibility index (Phi) is 8.57. The molecule has 32 heavy (non-hydrogen) atoms. The molecule has 0 heterocycles. The third kappa shape index (κ3) is 8.63. The first-order chi connectivity index (χ1) is 15.0. The molecule has 0 unspecified atom stereocenters. The van der Waals surface area contributed by atoms with Crippen LogP contribution in [0.3, 0.4) is 0 Å². The lowest BCUT2D eigenvalue weighted by atomic mass is 10.2. The largest absolute Gasteiger partial charge is 0.444 e. The SMILES string of the molecule is CN(Cc1ccccc1)C(=O)NCCC(=O)Nc1cc(F)ccc1NC(=O)OC(C)(C)C. The van der Waals surface area contributed by atoms with E-state index in [0.29, 0.717) is 6.54 Å². The van der Waals surface area contributed by atoms with Crippen LogP contribution in [0.2, 0.25) is 0 Å². The van der Waals surface area contributed by atoms with E-state index in [0.717, 1.165) is 17.7 Å². The number of anilines is 2. The fourth-order valence-electron chi connectivity index (χ4n) is 2.70. The Morgan fingerprint density at radius 1 is 1.00 bits per heavy atom. The van der Waals surface area contributed by atoms with Crippen LogP contribution in [0, 0.1) is 5.82 Å². The number of halogens is 1. The Hall–Kier alpha value is -3.62. The molecule has 0 radical (unpaired) electrons. The van der Waals surface area contributed by atoms with Gasteiger partial charge in [-0.3, -0.25) is 10.1 Å². The predicted octanol–water partition coefficient (Wildman–Crippen LogP) is 4.34. The zero-order chi connectivity index (χ0) is 23.7. The van der Waals surface area contributed by atoms with Crippen molar-refractivity contribution in [2.75, 3.05) is 24.2 Å². The maximum atomic E-state index is 13.7. The zero-order valence-electron chi connectivity index (χ0n) is 18.7. The highest BCUT2D eigenvalue weighted by Gasteiger charge is 2.18. The van der Waals surface area contributed by atoms with Gasteiger partial charge >= 0.3 is 12.1 Å². The summed E-state index contributed by atoms with van der Waals surface area (Å²) < 4.78 is 18.9. The minimum absolute atomic E-state index is 0.0344. The maximum absolute atomic E-state index is 13.7. The summed E-state index contributed by atoms with van der Waals surface area (Å²) in [6.07, 6.45) is -0.763. The first kappa shape index (κ1) is 24.6. The number of hydrogen-bond donors (Lipinski definition) is 3. The Bertz CT molecular complexity index is 945. The molecule has 4 amide bonds. The highest BCUT2D eigenvalue weighted by molar-refractivity contribution is 5.98. The summed E-state index contributed by atoms with van der Waals surface area (Å²) in [5.74, 6) is -1.03. The quantitative estimate of drug-likeness (QED) is 0.591. The van der Waals surface area contributed by atoms with Gasteiger partial charge in [0.15, 0.2) is 0 Å². The van der Waals surface area contributed by atoms with E-state index in [1.165, 1.54) is 11.0 Å². The van der Waals surface area contributed by atoms with Crippen LogP contribution in [0.4, 0.5) is 25.4 Å². The van der Waals surface area contributed by atoms with Crippen LogP contribution in [-0.4, -0.2) is 42.1 Å². The third-order valence-corrected chi connectivity index (χ3v) is 4.13. The molecule has 2 rings (SSSR count). The molecule has 0 saturated carbocycles. The lowest BCUT2D eigenvalue weighted by molar-refractivity contribution is -0.116. The summed E-state index contributed by atoms with van der Waals surface area (Å²) in [4.78, 5) is 38.0. The minimum atomic E-state index is -0.728. The molecule has 0 aliphatic heterocycles. The van der Waals surface area contributed by atoms with Gasteiger partial charge in [0.1, 0.15) is 11.4 Å². The second-order valence-corrected chi connectivity index (χ2v) is 8.19. The van der Waals surface area contributed by atoms with Crippen molar-refractivity contribution in [3.63, 3.8) is 0 Å². The number of amides is 4. The van der Waals surface area contributed by atoms with E-state index in [1.807, 2.05) is 30.3 Å². The maximum Gasteiger partial charge on any atom is 0.412 e. The summed E-state index contributed by atoms with van der Waals surface area (Å²) in [6.45, 7) is 5.66. The van der Waals surface area contributed by atoms with E-state index < -0.39 is 23.4 Å². The Morgan fingerprint density at radius 3 is 2.34 bits per heavy atom. The number of hydrogen-bond acceptors (Lipinski definition) is 4. The molecule has 0 saturated heterocycles. The Balaban J connectivity index is 1.86. The van der Waals surface area contributed by atoms with Crippen LogP contribution >= 0.6 is 0 Å². The number of benzene rings is 2. The molecule has 9 heteroatoms. The molecule has 0 aromatic heterocycles. The van der Waals surface area contributed by atoms with Crippen molar-refractivity contribution in [2.24, 2.45) is 0 Å². The molecule has 3 N–H and O–H groups in total. The van der Waals surface area contributed by atoms with Crippen LogP contribution in [0.25, 0.3) is 0 Å². The van der Waals surface area contributed by atoms with Crippen LogP contribution in [0.1, 0.15) is 32.8 Å². The molecule has 0 fully saturated rings. The van der Waals surface area contributed by atoms with Crippen molar-refractivity contribution in [2.45, 2.75) is 39.3 Å². The highest BCUT2D eigenvalue weighted by Crippen LogP contribution is 2.24. The molecular formula is C23H29FN4O4. The van der Waals surface area contributed by atoms with Crippen molar-refractivity contribution in [1.82, 2.24) is 10.2 Å². The topological polar surface area (TPSA) is 99.8 Å². The molecular weight excluding hydrogens is 415 g/mol. The predicted molar refractivity (Wildman–Crippen MR) is 121 cm³/mol. The van der Waals surface area contributed by atoms with Gasteiger partial charge in [-0.15, -0.1) is 0 Å². The molecule has 2 aromatic carbocycles. The van der Waals surface area contributed by atoms with Gasteiger partial charge in [-0.25, -0.2) is 14.0 Å². The standard InChI is InChI=1S/C23H29FN4O4/c1-23(2,3)32-22(31)27-18-11-10-17(24)14-19(18)26-20(29)12-13-25-21(30)28(4)15-16-8-6-5-7-9-16/h5-11,14H,12-13,15H2,1-4H3,(H,25,30)(H,26,29)(H,27,31). The number of nitrogens with one attached hydrogen (secondary N) is 3. The fourth-order valence-corrected chi connectivity index (χ4v) is 2.70. The molecule has 0 aliphatic rings. The van der Waals surface area contributed by atoms with Crippen LogP contribution in [0.15, 0.2) is 48.5 Å². The summed E-state index contributed by atoms with van der Waals surface area (Å²) in [6, 6.07) is 12.8. The van der Waals surface area contributed by atoms with E-state index in [1.54, 1.807) is 27.8 Å². The average Bonchev–Trinajstić information content (AvgIpc) is 2.69. The number of urea groups is 1. The molecule has 172 valence electrons. The summed E-state index contributed by atoms with van der Waals surface area (Å²) in [5, 5.41) is 7.71. The van der Waals surface area contributed by atoms with Gasteiger partial charge in [0, 0.05) is 26.6 Å². The number of ether oxygens (including phenoxy) is 1. The third-order valence-electron chi connectivity index (χ3n) is 4.13. The first-order valence-corrected chi connectivity index (χ1v) is 10.2. The van der Waals surface area contributed by atoms with E-state index in [-0.39, 0.29) is 30.4 Å². The van der Waals surface area contributed by atoms with Crippen molar-refractivity contribution in [3.05, 3.63) is 59.9 Å². The second-order valence-electron chi connectivity index (χ2n) is 8.19. The molecule has 0 atom stereocenters. The number of carbonyl (C=O) groups is 3. The zero-order valence-corrected chi connectivity index (χ0v) is 18.7. The highest BCUT2D eigenvalue weighted by atomic mass is 19.1. The lowest BCUT2D eigenvalue weighted by Gasteiger charge is -2.20. The van der Waals surface area contributed by atoms with Gasteiger partial charge in [0.05, 0.1) is 11.4 Å². The fraction of sp³-hybridized carbons (Fsp3) is 0.348. The first-order valence-electron chi connectivity index (χ1n) is 10.2. The van der Waals surface area contributed by atoms with Gasteiger partial charge in [0.2, 0.25) is 5.91 Å². The van der Waals surface area contributed by atoms with Crippen molar-refractivity contribution in [1.29, 1.82) is 0 Å². The van der Waals surface area contributed by atoms with Gasteiger partial charge in [-0.05, 0) is 44.5 Å². The molecule has 8 nitrogen and oxygen atoms in total. The smallest absolute Gasteiger partial charge is 0.412 e. The average molecular weight is 445 g/mol. The number of carbonyl (C=O) groups excluding carboxylic acids is 3. The van der Waals surface area contributed by atoms with Crippen molar-refractivity contribution >= 4 is 29.4 Å². The molecule has 0 bridgehead atoms. The molecule has 0 aliphatic carbocycles. The van der Waals surface area contributed by atoms with Gasteiger partial charge in [0.25, 0.3) is 0 Å². The molecule has 0 spiro atoms. The summed E-state index contributed by atoms with van der Waals surface area (Å²) >= 11 is 0. The van der Waals surface area contributed by atoms with Gasteiger partial charge in [-0.2, -0.15) is 0 Å². The Morgan fingerprint density at radius 2 is 1.69 bits per heavy atom. The number of rotatable bonds is 7. The second kappa shape index (κ2) is 11.1. The minimum Gasteiger partial charge on any atom is -0.444 e. The molecule has 2 aromatic rings. The van der Waals surface area contributed by atoms with E-state index in [4.69, 9.17) is 4.74 Å². The summed E-state index contributed by atoms with van der Waals surface area (Å²) in [5.41, 5.74) is 0.562. The summed E-state index contributed by atoms with van der Waals surface area (Å²) in [7, 11) is 1.66. The Labute approximate surface area is 187 Å². The van der Waals surface area contributed by atoms with Crippen LogP contribution in [-0.2, 0) is 16.1 Å².